The highest BCUT2D eigenvalue weighted by atomic mass is 32.2. The largest absolute Gasteiger partial charge is 0.434 e. The summed E-state index contributed by atoms with van der Waals surface area (Å²) >= 11 is 0. The minimum atomic E-state index is -3.74. The molecule has 0 fully saturated rings. The Balaban J connectivity index is 2.41. The number of hydrogen-bond acceptors (Lipinski definition) is 4. The minimum absolute atomic E-state index is 0.0180. The van der Waals surface area contributed by atoms with E-state index in [0.29, 0.717) is 23.1 Å². The van der Waals surface area contributed by atoms with Crippen molar-refractivity contribution in [1.29, 1.82) is 0 Å². The molecule has 164 valence electrons. The summed E-state index contributed by atoms with van der Waals surface area (Å²) in [4.78, 5) is 13.0. The molecule has 1 amide bonds. The number of sulfonamides is 1. The maximum absolute atomic E-state index is 12.9. The van der Waals surface area contributed by atoms with Gasteiger partial charge in [0.1, 0.15) is 5.75 Å². The van der Waals surface area contributed by atoms with Crippen molar-refractivity contribution in [3.05, 3.63) is 58.7 Å². The summed E-state index contributed by atoms with van der Waals surface area (Å²) in [7, 11) is -0.901. The number of nitrogens with zero attached hydrogens (tertiary/aromatic N) is 1. The van der Waals surface area contributed by atoms with Gasteiger partial charge in [0.25, 0.3) is 5.91 Å². The standard InChI is InChI=1S/C21H26F2N2O4S/c1-6-17(16-9-7-8-10-18(16)29-21(22)23)24-20(26)15-11-13(2)14(3)19(12-15)30(27,28)25(4)5/h7-12,17,21H,6H2,1-5H3,(H,24,26). The Bertz CT molecular complexity index is 1020. The van der Waals surface area contributed by atoms with Crippen LogP contribution in [0.25, 0.3) is 0 Å². The number of alkyl halides is 2. The van der Waals surface area contributed by atoms with Crippen LogP contribution in [0.15, 0.2) is 41.3 Å². The zero-order valence-electron chi connectivity index (χ0n) is 17.6. The summed E-state index contributed by atoms with van der Waals surface area (Å²) in [6.07, 6.45) is 0.420. The maximum Gasteiger partial charge on any atom is 0.387 e. The fourth-order valence-electron chi connectivity index (χ4n) is 3.04. The molecule has 0 radical (unpaired) electrons. The van der Waals surface area contributed by atoms with Gasteiger partial charge < -0.3 is 10.1 Å². The second-order valence-corrected chi connectivity index (χ2v) is 9.17. The topological polar surface area (TPSA) is 75.7 Å². The number of ether oxygens (including phenoxy) is 1. The molecule has 0 saturated carbocycles. The number of carbonyl (C=O) groups excluding carboxylic acids is 1. The molecule has 0 aromatic heterocycles. The van der Waals surface area contributed by atoms with Crippen LogP contribution >= 0.6 is 0 Å². The fourth-order valence-corrected chi connectivity index (χ4v) is 4.25. The van der Waals surface area contributed by atoms with E-state index >= 15 is 0 Å². The molecule has 0 aliphatic rings. The van der Waals surface area contributed by atoms with Crippen molar-refractivity contribution in [2.75, 3.05) is 14.1 Å². The molecule has 0 spiro atoms. The lowest BCUT2D eigenvalue weighted by atomic mass is 10.0. The summed E-state index contributed by atoms with van der Waals surface area (Å²) in [6, 6.07) is 8.60. The number of carbonyl (C=O) groups is 1. The summed E-state index contributed by atoms with van der Waals surface area (Å²) in [5, 5.41) is 2.80. The number of benzene rings is 2. The molecule has 2 aromatic rings. The van der Waals surface area contributed by atoms with Crippen molar-refractivity contribution in [2.45, 2.75) is 44.7 Å². The van der Waals surface area contributed by atoms with E-state index in [1.54, 1.807) is 45.0 Å². The Hall–Kier alpha value is -2.52. The first-order valence-corrected chi connectivity index (χ1v) is 10.8. The summed E-state index contributed by atoms with van der Waals surface area (Å²) in [5.74, 6) is -0.525. The molecule has 2 aromatic carbocycles. The van der Waals surface area contributed by atoms with Crippen LogP contribution in [-0.2, 0) is 10.0 Å². The second kappa shape index (κ2) is 9.53. The van der Waals surface area contributed by atoms with Gasteiger partial charge in [0.2, 0.25) is 10.0 Å². The Morgan fingerprint density at radius 2 is 1.80 bits per heavy atom. The van der Waals surface area contributed by atoms with Crippen molar-refractivity contribution in [2.24, 2.45) is 0 Å². The Morgan fingerprint density at radius 3 is 2.37 bits per heavy atom. The van der Waals surface area contributed by atoms with Crippen molar-refractivity contribution in [1.82, 2.24) is 9.62 Å². The van der Waals surface area contributed by atoms with Gasteiger partial charge in [-0.25, -0.2) is 12.7 Å². The Labute approximate surface area is 175 Å². The fraction of sp³-hybridized carbons (Fsp3) is 0.381. The quantitative estimate of drug-likeness (QED) is 0.672. The lowest BCUT2D eigenvalue weighted by Crippen LogP contribution is -2.29. The first-order valence-electron chi connectivity index (χ1n) is 9.37. The van der Waals surface area contributed by atoms with E-state index in [-0.39, 0.29) is 16.2 Å². The highest BCUT2D eigenvalue weighted by molar-refractivity contribution is 7.89. The summed E-state index contributed by atoms with van der Waals surface area (Å²) < 4.78 is 56.4. The molecular weight excluding hydrogens is 414 g/mol. The van der Waals surface area contributed by atoms with Crippen molar-refractivity contribution in [3.8, 4) is 5.75 Å². The molecule has 2 rings (SSSR count). The predicted molar refractivity (Wildman–Crippen MR) is 110 cm³/mol. The lowest BCUT2D eigenvalue weighted by molar-refractivity contribution is -0.0506. The number of nitrogens with one attached hydrogen (secondary N) is 1. The van der Waals surface area contributed by atoms with E-state index in [1.165, 1.54) is 26.2 Å². The molecule has 1 N–H and O–H groups in total. The molecule has 0 aliphatic heterocycles. The Kier molecular flexibility index (Phi) is 7.54. The van der Waals surface area contributed by atoms with E-state index in [2.05, 4.69) is 10.1 Å². The SMILES string of the molecule is CCC(NC(=O)c1cc(C)c(C)c(S(=O)(=O)N(C)C)c1)c1ccccc1OC(F)F. The molecular formula is C21H26F2N2O4S. The van der Waals surface area contributed by atoms with E-state index in [1.807, 2.05) is 0 Å². The molecule has 0 saturated heterocycles. The predicted octanol–water partition coefficient (Wildman–Crippen LogP) is 4.04. The van der Waals surface area contributed by atoms with Crippen molar-refractivity contribution < 1.29 is 26.7 Å². The molecule has 1 atom stereocenters. The molecule has 9 heteroatoms. The smallest absolute Gasteiger partial charge is 0.387 e. The zero-order valence-corrected chi connectivity index (χ0v) is 18.4. The van der Waals surface area contributed by atoms with E-state index < -0.39 is 28.6 Å². The van der Waals surface area contributed by atoms with Gasteiger partial charge in [-0.3, -0.25) is 4.79 Å². The third-order valence-electron chi connectivity index (χ3n) is 4.86. The van der Waals surface area contributed by atoms with Gasteiger partial charge >= 0.3 is 6.61 Å². The van der Waals surface area contributed by atoms with E-state index in [4.69, 9.17) is 0 Å². The third kappa shape index (κ3) is 5.14. The van der Waals surface area contributed by atoms with Crippen LogP contribution in [0.2, 0.25) is 0 Å². The highest BCUT2D eigenvalue weighted by Gasteiger charge is 2.24. The normalized spacial score (nSPS) is 12.8. The molecule has 1 unspecified atom stereocenters. The molecule has 6 nitrogen and oxygen atoms in total. The zero-order chi connectivity index (χ0) is 22.6. The van der Waals surface area contributed by atoms with E-state index in [0.717, 1.165) is 4.31 Å². The summed E-state index contributed by atoms with van der Waals surface area (Å²) in [6.45, 7) is 2.22. The minimum Gasteiger partial charge on any atom is -0.434 e. The van der Waals surface area contributed by atoms with E-state index in [9.17, 15) is 22.0 Å². The number of aryl methyl sites for hydroxylation is 1. The van der Waals surface area contributed by atoms with Crippen LogP contribution in [0.4, 0.5) is 8.78 Å². The van der Waals surface area contributed by atoms with Crippen LogP contribution in [0.3, 0.4) is 0 Å². The van der Waals surface area contributed by atoms with Gasteiger partial charge in [-0.15, -0.1) is 0 Å². The van der Waals surface area contributed by atoms with Gasteiger partial charge in [0.15, 0.2) is 0 Å². The molecule has 0 bridgehead atoms. The van der Waals surface area contributed by atoms with Crippen molar-refractivity contribution in [3.63, 3.8) is 0 Å². The van der Waals surface area contributed by atoms with Gasteiger partial charge in [0.05, 0.1) is 10.9 Å². The van der Waals surface area contributed by atoms with Gasteiger partial charge in [-0.1, -0.05) is 25.1 Å². The maximum atomic E-state index is 12.9. The van der Waals surface area contributed by atoms with Crippen molar-refractivity contribution >= 4 is 15.9 Å². The van der Waals surface area contributed by atoms with Crippen LogP contribution in [0.1, 0.15) is 46.4 Å². The van der Waals surface area contributed by atoms with Crippen LogP contribution in [0.5, 0.6) is 5.75 Å². The number of rotatable bonds is 8. The van der Waals surface area contributed by atoms with Crippen LogP contribution in [-0.4, -0.2) is 39.3 Å². The molecule has 0 heterocycles. The highest BCUT2D eigenvalue weighted by Crippen LogP contribution is 2.29. The average Bonchev–Trinajstić information content (AvgIpc) is 2.67. The lowest BCUT2D eigenvalue weighted by Gasteiger charge is -2.21. The number of halogens is 2. The number of hydrogen-bond donors (Lipinski definition) is 1. The summed E-state index contributed by atoms with van der Waals surface area (Å²) in [5.41, 5.74) is 1.79. The monoisotopic (exact) mass is 440 g/mol. The van der Waals surface area contributed by atoms with Gasteiger partial charge in [-0.05, 0) is 49.6 Å². The first-order chi connectivity index (χ1) is 14.0. The number of para-hydroxylation sites is 1. The van der Waals surface area contributed by atoms with Crippen LogP contribution in [0, 0.1) is 13.8 Å². The Morgan fingerprint density at radius 1 is 1.17 bits per heavy atom. The average molecular weight is 441 g/mol. The van der Waals surface area contributed by atoms with Gasteiger partial charge in [-0.2, -0.15) is 8.78 Å². The first kappa shape index (κ1) is 23.8. The molecule has 0 aliphatic carbocycles. The number of amides is 1. The van der Waals surface area contributed by atoms with Gasteiger partial charge in [0, 0.05) is 25.2 Å². The second-order valence-electron chi connectivity index (χ2n) is 7.05. The third-order valence-corrected chi connectivity index (χ3v) is 6.81. The molecule has 30 heavy (non-hydrogen) atoms. The van der Waals surface area contributed by atoms with Crippen LogP contribution < -0.4 is 10.1 Å².